The number of unbranched alkanes of at least 4 members (excludes halogenated alkanes) is 24. The summed E-state index contributed by atoms with van der Waals surface area (Å²) in [5.41, 5.74) is 0. The van der Waals surface area contributed by atoms with E-state index < -0.39 is 6.10 Å². The Kier molecular flexibility index (Phi) is 47.9. The molecule has 0 spiro atoms. The highest BCUT2D eigenvalue weighted by molar-refractivity contribution is 5.71. The fraction of sp³-hybridized carbons (Fsp3) is 0.732. The summed E-state index contributed by atoms with van der Waals surface area (Å²) < 4.78 is 16.8. The molecule has 0 aliphatic carbocycles. The maximum atomic E-state index is 12.8. The van der Waals surface area contributed by atoms with Crippen LogP contribution in [0.2, 0.25) is 0 Å². The van der Waals surface area contributed by atoms with Crippen molar-refractivity contribution in [2.75, 3.05) is 13.2 Å². The Morgan fingerprint density at radius 3 is 1.15 bits per heavy atom. The maximum absolute atomic E-state index is 12.8. The van der Waals surface area contributed by atoms with E-state index in [0.29, 0.717) is 19.3 Å². The molecule has 1 atom stereocenters. The molecule has 0 radical (unpaired) electrons. The van der Waals surface area contributed by atoms with Crippen LogP contribution in [0.1, 0.15) is 245 Å². The van der Waals surface area contributed by atoms with E-state index in [4.69, 9.17) is 14.2 Å². The summed E-state index contributed by atoms with van der Waals surface area (Å²) >= 11 is 0. The number of esters is 3. The van der Waals surface area contributed by atoms with Crippen molar-refractivity contribution in [2.45, 2.75) is 252 Å². The van der Waals surface area contributed by atoms with Crippen molar-refractivity contribution < 1.29 is 28.6 Å². The molecule has 0 fully saturated rings. The molecule has 1 unspecified atom stereocenters. The summed E-state index contributed by atoms with van der Waals surface area (Å²) in [7, 11) is 0. The second-order valence-electron chi connectivity index (χ2n) is 17.1. The zero-order valence-corrected chi connectivity index (χ0v) is 40.6. The van der Waals surface area contributed by atoms with Crippen LogP contribution in [0.3, 0.4) is 0 Å². The van der Waals surface area contributed by atoms with E-state index in [0.717, 1.165) is 109 Å². The normalized spacial score (nSPS) is 12.6. The highest BCUT2D eigenvalue weighted by atomic mass is 16.6. The van der Waals surface area contributed by atoms with Gasteiger partial charge in [-0.25, -0.2) is 0 Å². The van der Waals surface area contributed by atoms with Crippen LogP contribution < -0.4 is 0 Å². The lowest BCUT2D eigenvalue weighted by Crippen LogP contribution is -2.30. The summed E-state index contributed by atoms with van der Waals surface area (Å²) in [5.74, 6) is -0.930. The van der Waals surface area contributed by atoms with E-state index in [1.165, 1.54) is 96.3 Å². The Labute approximate surface area is 382 Å². The molecule has 356 valence electrons. The van der Waals surface area contributed by atoms with Gasteiger partial charge in [0, 0.05) is 19.3 Å². The van der Waals surface area contributed by atoms with Gasteiger partial charge in [0.15, 0.2) is 6.10 Å². The number of ether oxygens (including phenoxy) is 3. The average molecular weight is 865 g/mol. The summed E-state index contributed by atoms with van der Waals surface area (Å²) in [6, 6.07) is 0. The van der Waals surface area contributed by atoms with Crippen LogP contribution in [-0.2, 0) is 28.6 Å². The molecule has 6 nitrogen and oxygen atoms in total. The minimum absolute atomic E-state index is 0.0920. The van der Waals surface area contributed by atoms with Gasteiger partial charge in [-0.15, -0.1) is 0 Å². The third kappa shape index (κ3) is 47.9. The zero-order chi connectivity index (χ0) is 45.1. The van der Waals surface area contributed by atoms with E-state index in [1.54, 1.807) is 0 Å². The summed E-state index contributed by atoms with van der Waals surface area (Å²) in [5, 5.41) is 0. The molecule has 0 aliphatic rings. The number of hydrogen-bond acceptors (Lipinski definition) is 6. The molecule has 0 bridgehead atoms. The topological polar surface area (TPSA) is 78.9 Å². The van der Waals surface area contributed by atoms with Crippen LogP contribution in [0.25, 0.3) is 0 Å². The largest absolute Gasteiger partial charge is 0.462 e. The first-order valence-corrected chi connectivity index (χ1v) is 26.0. The third-order valence-corrected chi connectivity index (χ3v) is 10.9. The van der Waals surface area contributed by atoms with Gasteiger partial charge in [-0.2, -0.15) is 0 Å². The molecular weight excluding hydrogens is 769 g/mol. The van der Waals surface area contributed by atoms with Crippen molar-refractivity contribution in [3.8, 4) is 0 Å². The first-order valence-electron chi connectivity index (χ1n) is 26.0. The van der Waals surface area contributed by atoms with Gasteiger partial charge in [-0.3, -0.25) is 14.4 Å². The lowest BCUT2D eigenvalue weighted by molar-refractivity contribution is -0.167. The van der Waals surface area contributed by atoms with Gasteiger partial charge in [0.2, 0.25) is 0 Å². The first-order chi connectivity index (χ1) is 30.5. The van der Waals surface area contributed by atoms with Crippen molar-refractivity contribution in [1.29, 1.82) is 0 Å². The highest BCUT2D eigenvalue weighted by Gasteiger charge is 2.19. The van der Waals surface area contributed by atoms with Crippen molar-refractivity contribution in [2.24, 2.45) is 0 Å². The molecule has 6 heteroatoms. The van der Waals surface area contributed by atoms with Gasteiger partial charge in [0.05, 0.1) is 0 Å². The molecule has 0 heterocycles. The fourth-order valence-electron chi connectivity index (χ4n) is 7.03. The van der Waals surface area contributed by atoms with Gasteiger partial charge in [0.1, 0.15) is 13.2 Å². The molecular formula is C56H96O6. The molecule has 0 amide bonds. The van der Waals surface area contributed by atoms with Gasteiger partial charge in [-0.1, -0.05) is 196 Å². The molecule has 0 aromatic heterocycles. The SMILES string of the molecule is CC/C=C\C/C=C\C/C=C\CCCCCCCCC(=O)OCC(COC(=O)CCCCC/C=C\CCCCCCCC)OC(=O)CCCCCCCC/C=C\C=C/CCCCC. The predicted molar refractivity (Wildman–Crippen MR) is 265 cm³/mol. The predicted octanol–water partition coefficient (Wildman–Crippen LogP) is 17.0. The van der Waals surface area contributed by atoms with Crippen LogP contribution in [0.5, 0.6) is 0 Å². The van der Waals surface area contributed by atoms with Crippen LogP contribution in [0, 0.1) is 0 Å². The van der Waals surface area contributed by atoms with Gasteiger partial charge >= 0.3 is 17.9 Å². The third-order valence-electron chi connectivity index (χ3n) is 10.9. The minimum atomic E-state index is -0.792. The van der Waals surface area contributed by atoms with Crippen LogP contribution in [0.4, 0.5) is 0 Å². The van der Waals surface area contributed by atoms with Crippen LogP contribution in [-0.4, -0.2) is 37.2 Å². The van der Waals surface area contributed by atoms with Crippen molar-refractivity contribution in [3.63, 3.8) is 0 Å². The molecule has 62 heavy (non-hydrogen) atoms. The van der Waals surface area contributed by atoms with E-state index in [-0.39, 0.29) is 31.1 Å². The molecule has 0 aromatic rings. The number of rotatable bonds is 46. The lowest BCUT2D eigenvalue weighted by Gasteiger charge is -2.18. The second kappa shape index (κ2) is 50.5. The monoisotopic (exact) mass is 865 g/mol. The molecule has 0 aromatic carbocycles. The quantitative estimate of drug-likeness (QED) is 0.0199. The van der Waals surface area contributed by atoms with Gasteiger partial charge in [-0.05, 0) is 103 Å². The fourth-order valence-corrected chi connectivity index (χ4v) is 7.03. The smallest absolute Gasteiger partial charge is 0.306 e. The van der Waals surface area contributed by atoms with E-state index in [9.17, 15) is 14.4 Å². The standard InChI is InChI=1S/C56H96O6/c1-4-7-10-13-16-19-22-25-27-29-31-34-37-40-43-46-49-55(58)61-52-53(51-60-54(57)48-45-42-39-36-33-30-24-21-18-15-12-9-6-3)62-56(59)50-47-44-41-38-35-32-28-26-23-20-17-14-11-8-5-2/h7,10,16-17,19-20,23,25-27,30,33,53H,4-6,8-9,11-15,18,21-22,24,28-29,31-32,34-52H2,1-3H3/b10-7-,19-16-,20-17-,26-23-,27-25-,33-30-. The van der Waals surface area contributed by atoms with E-state index >= 15 is 0 Å². The Balaban J connectivity index is 4.44. The molecule has 0 saturated heterocycles. The number of allylic oxidation sites excluding steroid dienone is 12. The summed E-state index contributed by atoms with van der Waals surface area (Å²) in [6.07, 6.45) is 63.1. The van der Waals surface area contributed by atoms with E-state index in [1.807, 2.05) is 0 Å². The highest BCUT2D eigenvalue weighted by Crippen LogP contribution is 2.14. The average Bonchev–Trinajstić information content (AvgIpc) is 3.27. The minimum Gasteiger partial charge on any atom is -0.462 e. The Morgan fingerprint density at radius 2 is 0.677 bits per heavy atom. The van der Waals surface area contributed by atoms with Crippen LogP contribution in [0.15, 0.2) is 72.9 Å². The lowest BCUT2D eigenvalue weighted by atomic mass is 10.1. The zero-order valence-electron chi connectivity index (χ0n) is 40.6. The maximum Gasteiger partial charge on any atom is 0.306 e. The summed E-state index contributed by atoms with van der Waals surface area (Å²) in [6.45, 7) is 6.46. The van der Waals surface area contributed by atoms with Gasteiger partial charge in [0.25, 0.3) is 0 Å². The summed E-state index contributed by atoms with van der Waals surface area (Å²) in [4.78, 5) is 38.0. The number of carbonyl (C=O) groups excluding carboxylic acids is 3. The number of hydrogen-bond donors (Lipinski definition) is 0. The van der Waals surface area contributed by atoms with Gasteiger partial charge < -0.3 is 14.2 Å². The Hall–Kier alpha value is -3.15. The van der Waals surface area contributed by atoms with Crippen molar-refractivity contribution in [3.05, 3.63) is 72.9 Å². The Morgan fingerprint density at radius 1 is 0.355 bits per heavy atom. The molecule has 0 rings (SSSR count). The van der Waals surface area contributed by atoms with Crippen molar-refractivity contribution >= 4 is 17.9 Å². The number of carbonyl (C=O) groups is 3. The molecule has 0 saturated carbocycles. The molecule has 0 aliphatic heterocycles. The van der Waals surface area contributed by atoms with Crippen molar-refractivity contribution in [1.82, 2.24) is 0 Å². The van der Waals surface area contributed by atoms with Crippen LogP contribution >= 0.6 is 0 Å². The second-order valence-corrected chi connectivity index (χ2v) is 17.1. The first kappa shape index (κ1) is 58.9. The molecule has 0 N–H and O–H groups in total. The van der Waals surface area contributed by atoms with E-state index in [2.05, 4.69) is 93.7 Å². The Bertz CT molecular complexity index is 1180.